The first kappa shape index (κ1) is 17.4. The van der Waals surface area contributed by atoms with Crippen LogP contribution in [0.3, 0.4) is 0 Å². The number of anilines is 1. The van der Waals surface area contributed by atoms with Gasteiger partial charge in [0.2, 0.25) is 10.0 Å². The second kappa shape index (κ2) is 6.14. The van der Waals surface area contributed by atoms with Crippen LogP contribution in [0.5, 0.6) is 0 Å². The van der Waals surface area contributed by atoms with Gasteiger partial charge in [-0.3, -0.25) is 20.0 Å². The van der Waals surface area contributed by atoms with E-state index >= 15 is 0 Å². The van der Waals surface area contributed by atoms with Gasteiger partial charge in [0.15, 0.2) is 5.78 Å². The molecule has 0 radical (unpaired) electrons. The van der Waals surface area contributed by atoms with E-state index in [1.54, 1.807) is 31.2 Å². The number of hydrazine groups is 1. The maximum absolute atomic E-state index is 12.5. The molecule has 1 heterocycles. The predicted molar refractivity (Wildman–Crippen MR) is 93.0 cm³/mol. The highest BCUT2D eigenvalue weighted by atomic mass is 35.5. The molecule has 2 aromatic carbocycles. The van der Waals surface area contributed by atoms with Crippen molar-refractivity contribution in [3.8, 4) is 0 Å². The summed E-state index contributed by atoms with van der Waals surface area (Å²) in [6, 6.07) is 10.1. The lowest BCUT2D eigenvalue weighted by Crippen LogP contribution is -2.47. The van der Waals surface area contributed by atoms with Gasteiger partial charge in [-0.1, -0.05) is 23.7 Å². The summed E-state index contributed by atoms with van der Waals surface area (Å²) in [4.78, 5) is 24.4. The number of sulfonamides is 1. The van der Waals surface area contributed by atoms with E-state index in [1.165, 1.54) is 17.1 Å². The van der Waals surface area contributed by atoms with Gasteiger partial charge in [-0.15, -0.1) is 0 Å². The molecule has 0 aliphatic carbocycles. The number of nitrogens with one attached hydrogen (secondary N) is 1. The van der Waals surface area contributed by atoms with Crippen molar-refractivity contribution in [2.45, 2.75) is 17.9 Å². The Morgan fingerprint density at radius 1 is 1.24 bits per heavy atom. The minimum absolute atomic E-state index is 0.0532. The van der Waals surface area contributed by atoms with Crippen LogP contribution in [0.2, 0.25) is 5.02 Å². The first-order valence-electron chi connectivity index (χ1n) is 7.26. The average molecular weight is 380 g/mol. The summed E-state index contributed by atoms with van der Waals surface area (Å²) in [7, 11) is -4.06. The van der Waals surface area contributed by atoms with E-state index < -0.39 is 22.0 Å². The summed E-state index contributed by atoms with van der Waals surface area (Å²) in [5.74, 6) is -0.699. The van der Waals surface area contributed by atoms with Crippen molar-refractivity contribution < 1.29 is 18.0 Å². The number of nitrogens with zero attached hydrogens (tertiary/aromatic N) is 1. The van der Waals surface area contributed by atoms with E-state index in [2.05, 4.69) is 5.43 Å². The molecule has 0 aromatic heterocycles. The number of carbonyl (C=O) groups excluding carboxylic acids is 2. The molecule has 0 saturated heterocycles. The third-order valence-electron chi connectivity index (χ3n) is 3.92. The van der Waals surface area contributed by atoms with Gasteiger partial charge in [0, 0.05) is 11.1 Å². The first-order chi connectivity index (χ1) is 11.7. The number of carbonyl (C=O) groups is 2. The van der Waals surface area contributed by atoms with Crippen molar-refractivity contribution in [2.75, 3.05) is 5.01 Å². The Labute approximate surface area is 149 Å². The smallest absolute Gasteiger partial charge is 0.269 e. The molecular formula is C16H14ClN3O4S. The molecule has 130 valence electrons. The van der Waals surface area contributed by atoms with E-state index in [0.29, 0.717) is 11.3 Å². The number of nitrogens with two attached hydrogens (primary N) is 1. The third kappa shape index (κ3) is 3.11. The van der Waals surface area contributed by atoms with Gasteiger partial charge in [-0.25, -0.2) is 13.6 Å². The average Bonchev–Trinajstić information content (AvgIpc) is 2.79. The van der Waals surface area contributed by atoms with Crippen LogP contribution in [0, 0.1) is 0 Å². The summed E-state index contributed by atoms with van der Waals surface area (Å²) in [5, 5.41) is 6.47. The highest BCUT2D eigenvalue weighted by Gasteiger charge is 2.35. The Kier molecular flexibility index (Phi) is 4.28. The Hall–Kier alpha value is -2.42. The zero-order valence-corrected chi connectivity index (χ0v) is 14.6. The van der Waals surface area contributed by atoms with Gasteiger partial charge in [0.1, 0.15) is 10.9 Å². The predicted octanol–water partition coefficient (Wildman–Crippen LogP) is 1.72. The topological polar surface area (TPSA) is 110 Å². The number of hydrogen-bond acceptors (Lipinski definition) is 5. The molecule has 2 aromatic rings. The monoisotopic (exact) mass is 379 g/mol. The molecule has 3 rings (SSSR count). The molecule has 1 atom stereocenters. The summed E-state index contributed by atoms with van der Waals surface area (Å²) < 4.78 is 23.1. The van der Waals surface area contributed by atoms with Crippen molar-refractivity contribution in [3.63, 3.8) is 0 Å². The number of halogens is 1. The third-order valence-corrected chi connectivity index (χ3v) is 5.31. The molecule has 7 nitrogen and oxygen atoms in total. The molecule has 1 aliphatic rings. The normalized spacial score (nSPS) is 16.7. The van der Waals surface area contributed by atoms with E-state index in [1.807, 2.05) is 0 Å². The Bertz CT molecular complexity index is 991. The maximum atomic E-state index is 12.5. The number of benzene rings is 2. The van der Waals surface area contributed by atoms with E-state index in [-0.39, 0.29) is 21.3 Å². The molecule has 0 unspecified atom stereocenters. The van der Waals surface area contributed by atoms with Crippen LogP contribution in [0.4, 0.5) is 5.69 Å². The van der Waals surface area contributed by atoms with Crippen molar-refractivity contribution in [3.05, 3.63) is 58.6 Å². The maximum Gasteiger partial charge on any atom is 0.269 e. The standard InChI is InChI=1S/C16H14ClN3O4S/c1-9-15(21)11-4-2-3-5-13(11)20(9)19-16(22)10-6-7-12(17)14(8-10)25(18,23)24/h2-9H,1H3,(H,19,22)(H2,18,23,24)/t9-/m0/s1. The Balaban J connectivity index is 1.93. The van der Waals surface area contributed by atoms with Crippen molar-refractivity contribution in [1.82, 2.24) is 5.43 Å². The lowest BCUT2D eigenvalue weighted by Gasteiger charge is -2.24. The lowest BCUT2D eigenvalue weighted by atomic mass is 10.1. The molecular weight excluding hydrogens is 366 g/mol. The van der Waals surface area contributed by atoms with Gasteiger partial charge in [0.05, 0.1) is 10.7 Å². The second-order valence-corrected chi connectivity index (χ2v) is 7.50. The fraction of sp³-hybridized carbons (Fsp3) is 0.125. The Morgan fingerprint density at radius 3 is 2.60 bits per heavy atom. The number of fused-ring (bicyclic) bond motifs is 1. The van der Waals surface area contributed by atoms with E-state index in [9.17, 15) is 18.0 Å². The van der Waals surface area contributed by atoms with Crippen LogP contribution in [-0.2, 0) is 10.0 Å². The molecule has 1 aliphatic heterocycles. The molecule has 0 saturated carbocycles. The highest BCUT2D eigenvalue weighted by molar-refractivity contribution is 7.89. The van der Waals surface area contributed by atoms with Crippen LogP contribution in [0.1, 0.15) is 27.6 Å². The summed E-state index contributed by atoms with van der Waals surface area (Å²) >= 11 is 5.82. The van der Waals surface area contributed by atoms with Crippen molar-refractivity contribution in [2.24, 2.45) is 5.14 Å². The van der Waals surface area contributed by atoms with Gasteiger partial charge in [-0.05, 0) is 37.3 Å². The molecule has 1 amide bonds. The van der Waals surface area contributed by atoms with Crippen LogP contribution < -0.4 is 15.6 Å². The minimum Gasteiger partial charge on any atom is -0.292 e. The summed E-state index contributed by atoms with van der Waals surface area (Å²) in [6.45, 7) is 1.67. The number of Topliss-reactive ketones (excluding diaryl/α,β-unsaturated/α-hetero) is 1. The van der Waals surface area contributed by atoms with Crippen LogP contribution in [-0.4, -0.2) is 26.2 Å². The van der Waals surface area contributed by atoms with Crippen molar-refractivity contribution >= 4 is 39.0 Å². The van der Waals surface area contributed by atoms with Gasteiger partial charge >= 0.3 is 0 Å². The number of hydrogen-bond donors (Lipinski definition) is 2. The number of amides is 1. The summed E-state index contributed by atoms with van der Waals surface area (Å²) in [6.07, 6.45) is 0. The first-order valence-corrected chi connectivity index (χ1v) is 9.18. The van der Waals surface area contributed by atoms with Crippen LogP contribution in [0.15, 0.2) is 47.4 Å². The van der Waals surface area contributed by atoms with Crippen LogP contribution in [0.25, 0.3) is 0 Å². The minimum atomic E-state index is -4.06. The number of para-hydroxylation sites is 1. The highest BCUT2D eigenvalue weighted by Crippen LogP contribution is 2.30. The van der Waals surface area contributed by atoms with Gasteiger partial charge in [0.25, 0.3) is 5.91 Å². The molecule has 0 fully saturated rings. The van der Waals surface area contributed by atoms with Gasteiger partial charge < -0.3 is 0 Å². The molecule has 3 N–H and O–H groups in total. The Morgan fingerprint density at radius 2 is 1.92 bits per heavy atom. The summed E-state index contributed by atoms with van der Waals surface area (Å²) in [5.41, 5.74) is 3.77. The van der Waals surface area contributed by atoms with Crippen molar-refractivity contribution in [1.29, 1.82) is 0 Å². The fourth-order valence-electron chi connectivity index (χ4n) is 2.64. The lowest BCUT2D eigenvalue weighted by molar-refractivity contribution is 0.0931. The zero-order valence-electron chi connectivity index (χ0n) is 13.1. The van der Waals surface area contributed by atoms with Gasteiger partial charge in [-0.2, -0.15) is 0 Å². The number of ketones is 1. The SMILES string of the molecule is C[C@H]1C(=O)c2ccccc2N1NC(=O)c1ccc(Cl)c(S(N)(=O)=O)c1. The zero-order chi connectivity index (χ0) is 18.4. The van der Waals surface area contributed by atoms with E-state index in [0.717, 1.165) is 6.07 Å². The largest absolute Gasteiger partial charge is 0.292 e. The molecule has 25 heavy (non-hydrogen) atoms. The molecule has 0 bridgehead atoms. The van der Waals surface area contributed by atoms with E-state index in [4.69, 9.17) is 16.7 Å². The quantitative estimate of drug-likeness (QED) is 0.843. The second-order valence-electron chi connectivity index (χ2n) is 5.56. The molecule has 9 heteroatoms. The van der Waals surface area contributed by atoms with Crippen LogP contribution >= 0.6 is 11.6 Å². The molecule has 0 spiro atoms. The number of rotatable bonds is 3. The fourth-order valence-corrected chi connectivity index (χ4v) is 3.71. The number of primary sulfonamides is 1.